The second kappa shape index (κ2) is 9.53. The Hall–Kier alpha value is -0.560. The van der Waals surface area contributed by atoms with E-state index in [1.807, 2.05) is 0 Å². The van der Waals surface area contributed by atoms with Crippen LogP contribution in [0.15, 0.2) is 23.8 Å². The van der Waals surface area contributed by atoms with Crippen molar-refractivity contribution in [2.45, 2.75) is 39.5 Å². The first kappa shape index (κ1) is 12.4. The monoisotopic (exact) mass is 182 g/mol. The summed E-state index contributed by atoms with van der Waals surface area (Å²) < 4.78 is 4.97. The van der Waals surface area contributed by atoms with Crippen LogP contribution < -0.4 is 0 Å². The summed E-state index contributed by atoms with van der Waals surface area (Å²) in [5.74, 6) is 0. The Bertz CT molecular complexity index is 157. The highest BCUT2D eigenvalue weighted by molar-refractivity contribution is 5.21. The molecular weight excluding hydrogens is 160 g/mol. The molecule has 76 valence electrons. The highest BCUT2D eigenvalue weighted by atomic mass is 16.5. The maximum atomic E-state index is 4.97. The fourth-order valence-electron chi connectivity index (χ4n) is 1.07. The Kier molecular flexibility index (Phi) is 9.12. The van der Waals surface area contributed by atoms with E-state index in [1.54, 1.807) is 7.11 Å². The van der Waals surface area contributed by atoms with Gasteiger partial charge in [-0.3, -0.25) is 0 Å². The van der Waals surface area contributed by atoms with Crippen molar-refractivity contribution >= 4 is 0 Å². The van der Waals surface area contributed by atoms with Gasteiger partial charge in [-0.05, 0) is 19.3 Å². The van der Waals surface area contributed by atoms with Crippen LogP contribution in [0.25, 0.3) is 0 Å². The predicted molar refractivity (Wildman–Crippen MR) is 58.9 cm³/mol. The molecule has 0 saturated carbocycles. The second-order valence-corrected chi connectivity index (χ2v) is 3.21. The van der Waals surface area contributed by atoms with Gasteiger partial charge in [0.2, 0.25) is 0 Å². The first-order valence-corrected chi connectivity index (χ1v) is 5.19. The lowest BCUT2D eigenvalue weighted by Crippen LogP contribution is -1.92. The lowest BCUT2D eigenvalue weighted by atomic mass is 10.1. The number of rotatable bonds is 3. The van der Waals surface area contributed by atoms with Crippen molar-refractivity contribution in [3.05, 3.63) is 23.8 Å². The third-order valence-electron chi connectivity index (χ3n) is 1.67. The lowest BCUT2D eigenvalue weighted by molar-refractivity contribution is 0.202. The molecule has 0 atom stereocenters. The van der Waals surface area contributed by atoms with Gasteiger partial charge in [-0.15, -0.1) is 0 Å². The minimum atomic E-state index is 0.843. The molecule has 0 aromatic rings. The molecule has 0 fully saturated rings. The molecular formula is C12H22O. The molecule has 1 rings (SSSR count). The number of hydrogen-bond acceptors (Lipinski definition) is 1. The van der Waals surface area contributed by atoms with Crippen molar-refractivity contribution in [1.29, 1.82) is 0 Å². The van der Waals surface area contributed by atoms with Crippen LogP contribution in [0, 0.1) is 0 Å². The molecule has 0 aromatic heterocycles. The van der Waals surface area contributed by atoms with Crippen molar-refractivity contribution < 1.29 is 4.74 Å². The largest absolute Gasteiger partial charge is 0.384 e. The number of hydrogen-bond donors (Lipinski definition) is 0. The Morgan fingerprint density at radius 2 is 2.00 bits per heavy atom. The van der Waals surface area contributed by atoms with E-state index < -0.39 is 0 Å². The molecule has 0 saturated heterocycles. The van der Waals surface area contributed by atoms with E-state index in [2.05, 4.69) is 32.1 Å². The molecule has 0 N–H and O–H groups in total. The zero-order valence-corrected chi connectivity index (χ0v) is 9.18. The van der Waals surface area contributed by atoms with Gasteiger partial charge in [0, 0.05) is 7.11 Å². The van der Waals surface area contributed by atoms with Crippen LogP contribution in [0.5, 0.6) is 0 Å². The highest BCUT2D eigenvalue weighted by Crippen LogP contribution is 2.12. The zero-order chi connectivity index (χ0) is 9.94. The zero-order valence-electron chi connectivity index (χ0n) is 9.18. The summed E-state index contributed by atoms with van der Waals surface area (Å²) in [6, 6.07) is 0. The molecule has 1 heteroatoms. The lowest BCUT2D eigenvalue weighted by Gasteiger charge is -2.04. The summed E-state index contributed by atoms with van der Waals surface area (Å²) in [6.07, 6.45) is 11.4. The van der Waals surface area contributed by atoms with E-state index in [1.165, 1.54) is 24.8 Å². The standard InChI is InChI=1S/C9H14O.C3H8/c1-10-8-7-9-5-3-2-4-6-9;1-3-2/h3,5-6H,2,4,7-8H2,1H3;3H2,1-2H3. The smallest absolute Gasteiger partial charge is 0.0502 e. The minimum Gasteiger partial charge on any atom is -0.384 e. The van der Waals surface area contributed by atoms with Gasteiger partial charge in [0.15, 0.2) is 0 Å². The van der Waals surface area contributed by atoms with Crippen molar-refractivity contribution in [2.75, 3.05) is 13.7 Å². The molecule has 1 aliphatic rings. The van der Waals surface area contributed by atoms with Gasteiger partial charge < -0.3 is 4.74 Å². The number of allylic oxidation sites excluding steroid dienone is 3. The summed E-state index contributed by atoms with van der Waals surface area (Å²) in [4.78, 5) is 0. The predicted octanol–water partition coefficient (Wildman–Crippen LogP) is 3.72. The van der Waals surface area contributed by atoms with Crippen molar-refractivity contribution in [2.24, 2.45) is 0 Å². The Balaban J connectivity index is 0.000000424. The summed E-state index contributed by atoms with van der Waals surface area (Å²) in [5.41, 5.74) is 1.42. The molecule has 0 unspecified atom stereocenters. The number of ether oxygens (including phenoxy) is 1. The van der Waals surface area contributed by atoms with Gasteiger partial charge in [0.05, 0.1) is 6.61 Å². The molecule has 0 bridgehead atoms. The van der Waals surface area contributed by atoms with Crippen LogP contribution in [0.3, 0.4) is 0 Å². The van der Waals surface area contributed by atoms with E-state index in [-0.39, 0.29) is 0 Å². The van der Waals surface area contributed by atoms with Crippen molar-refractivity contribution in [1.82, 2.24) is 0 Å². The topological polar surface area (TPSA) is 9.23 Å². The molecule has 1 aliphatic carbocycles. The Labute approximate surface area is 82.5 Å². The van der Waals surface area contributed by atoms with Gasteiger partial charge in [-0.25, -0.2) is 0 Å². The minimum absolute atomic E-state index is 0.843. The number of methoxy groups -OCH3 is 1. The Morgan fingerprint density at radius 3 is 2.46 bits per heavy atom. The summed E-state index contributed by atoms with van der Waals surface area (Å²) in [7, 11) is 1.74. The van der Waals surface area contributed by atoms with E-state index in [0.29, 0.717) is 0 Å². The molecule has 0 spiro atoms. The fourth-order valence-corrected chi connectivity index (χ4v) is 1.07. The molecule has 0 aliphatic heterocycles. The molecule has 1 nitrogen and oxygen atoms in total. The summed E-state index contributed by atoms with van der Waals surface area (Å²) in [6.45, 7) is 5.09. The van der Waals surface area contributed by atoms with E-state index in [0.717, 1.165) is 13.0 Å². The third kappa shape index (κ3) is 7.79. The van der Waals surface area contributed by atoms with Crippen LogP contribution in [-0.4, -0.2) is 13.7 Å². The quantitative estimate of drug-likeness (QED) is 0.646. The second-order valence-electron chi connectivity index (χ2n) is 3.21. The molecule has 13 heavy (non-hydrogen) atoms. The van der Waals surface area contributed by atoms with Crippen LogP contribution in [-0.2, 0) is 4.74 Å². The van der Waals surface area contributed by atoms with Crippen molar-refractivity contribution in [3.8, 4) is 0 Å². The maximum absolute atomic E-state index is 4.97. The van der Waals surface area contributed by atoms with Gasteiger partial charge in [0.25, 0.3) is 0 Å². The average molecular weight is 182 g/mol. The highest BCUT2D eigenvalue weighted by Gasteiger charge is 1.95. The first-order chi connectivity index (χ1) is 6.35. The molecule has 0 aromatic carbocycles. The third-order valence-corrected chi connectivity index (χ3v) is 1.67. The van der Waals surface area contributed by atoms with Crippen LogP contribution >= 0.6 is 0 Å². The first-order valence-electron chi connectivity index (χ1n) is 5.19. The van der Waals surface area contributed by atoms with Gasteiger partial charge in [-0.2, -0.15) is 0 Å². The fraction of sp³-hybridized carbons (Fsp3) is 0.667. The molecule has 0 radical (unpaired) electrons. The molecule has 0 amide bonds. The molecule has 0 heterocycles. The van der Waals surface area contributed by atoms with Crippen LogP contribution in [0.2, 0.25) is 0 Å². The van der Waals surface area contributed by atoms with Gasteiger partial charge in [-0.1, -0.05) is 44.1 Å². The van der Waals surface area contributed by atoms with Crippen molar-refractivity contribution in [3.63, 3.8) is 0 Å². The van der Waals surface area contributed by atoms with Gasteiger partial charge in [0.1, 0.15) is 0 Å². The Morgan fingerprint density at radius 1 is 1.31 bits per heavy atom. The summed E-state index contributed by atoms with van der Waals surface area (Å²) in [5, 5.41) is 0. The van der Waals surface area contributed by atoms with Crippen LogP contribution in [0.1, 0.15) is 39.5 Å². The van der Waals surface area contributed by atoms with E-state index >= 15 is 0 Å². The normalized spacial score (nSPS) is 14.5. The summed E-state index contributed by atoms with van der Waals surface area (Å²) >= 11 is 0. The van der Waals surface area contributed by atoms with Gasteiger partial charge >= 0.3 is 0 Å². The maximum Gasteiger partial charge on any atom is 0.0502 e. The van der Waals surface area contributed by atoms with Crippen LogP contribution in [0.4, 0.5) is 0 Å². The average Bonchev–Trinajstić information content (AvgIpc) is 2.18. The SMILES string of the molecule is CCC.COCCC1=CCCC=C1. The van der Waals surface area contributed by atoms with E-state index in [4.69, 9.17) is 4.74 Å². The van der Waals surface area contributed by atoms with E-state index in [9.17, 15) is 0 Å².